The summed E-state index contributed by atoms with van der Waals surface area (Å²) in [5, 5.41) is 11.4. The molecule has 1 aromatic heterocycles. The van der Waals surface area contributed by atoms with Gasteiger partial charge in [0.05, 0.1) is 12.6 Å². The van der Waals surface area contributed by atoms with Crippen LogP contribution in [0.25, 0.3) is 0 Å². The molecule has 1 unspecified atom stereocenters. The van der Waals surface area contributed by atoms with Crippen LogP contribution < -0.4 is 16.0 Å². The summed E-state index contributed by atoms with van der Waals surface area (Å²) in [5.74, 6) is 0.663. The van der Waals surface area contributed by atoms with Crippen molar-refractivity contribution in [3.63, 3.8) is 0 Å². The van der Waals surface area contributed by atoms with Crippen molar-refractivity contribution in [2.45, 2.75) is 32.2 Å². The third-order valence-electron chi connectivity index (χ3n) is 4.13. The van der Waals surface area contributed by atoms with Crippen molar-refractivity contribution < 1.29 is 4.79 Å². The number of likely N-dealkylation sites (tertiary alicyclic amines) is 1. The Morgan fingerprint density at radius 1 is 1.32 bits per heavy atom. The first kappa shape index (κ1) is 22.2. The summed E-state index contributed by atoms with van der Waals surface area (Å²) >= 11 is 1.80. The molecule has 142 valence electrons. The fourth-order valence-electron chi connectivity index (χ4n) is 2.85. The van der Waals surface area contributed by atoms with E-state index in [1.807, 2.05) is 6.92 Å². The van der Waals surface area contributed by atoms with E-state index in [4.69, 9.17) is 0 Å². The Labute approximate surface area is 171 Å². The fourth-order valence-corrected chi connectivity index (χ4v) is 3.71. The van der Waals surface area contributed by atoms with Crippen molar-refractivity contribution in [1.29, 1.82) is 0 Å². The van der Waals surface area contributed by atoms with Crippen LogP contribution >= 0.6 is 35.3 Å². The van der Waals surface area contributed by atoms with E-state index in [9.17, 15) is 4.79 Å². The Bertz CT molecular complexity index is 517. The highest BCUT2D eigenvalue weighted by Gasteiger charge is 2.24. The molecule has 3 N–H and O–H groups in total. The molecule has 6 nitrogen and oxygen atoms in total. The summed E-state index contributed by atoms with van der Waals surface area (Å²) in [4.78, 5) is 19.8. The second-order valence-electron chi connectivity index (χ2n) is 5.93. The number of aliphatic imine (C=N–C) groups is 1. The minimum atomic E-state index is -0.00542. The van der Waals surface area contributed by atoms with E-state index in [-0.39, 0.29) is 36.4 Å². The molecular weight excluding hydrogens is 449 g/mol. The van der Waals surface area contributed by atoms with Gasteiger partial charge in [-0.2, -0.15) is 0 Å². The zero-order valence-corrected chi connectivity index (χ0v) is 18.2. The zero-order chi connectivity index (χ0) is 17.2. The van der Waals surface area contributed by atoms with E-state index in [0.717, 1.165) is 26.1 Å². The minimum Gasteiger partial charge on any atom is -0.355 e. The third kappa shape index (κ3) is 7.49. The average molecular weight is 479 g/mol. The molecule has 1 atom stereocenters. The molecule has 1 aliphatic heterocycles. The summed E-state index contributed by atoms with van der Waals surface area (Å²) in [5.41, 5.74) is 0. The molecule has 2 heterocycles. The molecule has 8 heteroatoms. The highest BCUT2D eigenvalue weighted by Crippen LogP contribution is 2.27. The van der Waals surface area contributed by atoms with Crippen LogP contribution in [0.3, 0.4) is 0 Å². The second kappa shape index (κ2) is 12.5. The smallest absolute Gasteiger partial charge is 0.239 e. The standard InChI is InChI=1S/C17H29N5OS.HI/c1-3-8-19-16(23)13-21-17(18-2)20-12-14(15-7-6-11-24-15)22-9-4-5-10-22;/h6-7,11,14H,3-5,8-10,12-13H2,1-2H3,(H,19,23)(H2,18,20,21);1H. The van der Waals surface area contributed by atoms with E-state index in [0.29, 0.717) is 18.5 Å². The monoisotopic (exact) mass is 479 g/mol. The normalized spacial score (nSPS) is 16.2. The van der Waals surface area contributed by atoms with Gasteiger partial charge in [0.2, 0.25) is 5.91 Å². The summed E-state index contributed by atoms with van der Waals surface area (Å²) in [7, 11) is 1.73. The Kier molecular flexibility index (Phi) is 11.1. The molecule has 1 saturated heterocycles. The van der Waals surface area contributed by atoms with E-state index < -0.39 is 0 Å². The number of guanidine groups is 1. The first-order chi connectivity index (χ1) is 11.7. The molecule has 1 amide bonds. The topological polar surface area (TPSA) is 68.8 Å². The van der Waals surface area contributed by atoms with E-state index >= 15 is 0 Å². The van der Waals surface area contributed by atoms with E-state index in [2.05, 4.69) is 43.4 Å². The van der Waals surface area contributed by atoms with Crippen LogP contribution in [0.2, 0.25) is 0 Å². The summed E-state index contributed by atoms with van der Waals surface area (Å²) in [6.45, 7) is 6.08. The quantitative estimate of drug-likeness (QED) is 0.304. The number of carbonyl (C=O) groups excluding carboxylic acids is 1. The Hall–Kier alpha value is -0.870. The number of halogens is 1. The van der Waals surface area contributed by atoms with Crippen LogP contribution in [-0.2, 0) is 4.79 Å². The Balaban J connectivity index is 0.00000312. The largest absolute Gasteiger partial charge is 0.355 e. The number of thiophene rings is 1. The van der Waals surface area contributed by atoms with Crippen LogP contribution in [-0.4, -0.2) is 56.5 Å². The van der Waals surface area contributed by atoms with E-state index in [1.165, 1.54) is 17.7 Å². The van der Waals surface area contributed by atoms with Crippen LogP contribution in [0.1, 0.15) is 37.1 Å². The van der Waals surface area contributed by atoms with Gasteiger partial charge in [0, 0.05) is 25.0 Å². The van der Waals surface area contributed by atoms with Crippen LogP contribution in [0, 0.1) is 0 Å². The molecule has 0 saturated carbocycles. The zero-order valence-electron chi connectivity index (χ0n) is 15.1. The van der Waals surface area contributed by atoms with Gasteiger partial charge in [-0.3, -0.25) is 14.7 Å². The minimum absolute atomic E-state index is 0. The first-order valence-corrected chi connectivity index (χ1v) is 9.61. The Morgan fingerprint density at radius 3 is 2.68 bits per heavy atom. The SMILES string of the molecule is CCCNC(=O)CNC(=NC)NCC(c1cccs1)N1CCCC1.I. The molecule has 1 aliphatic rings. The van der Waals surface area contributed by atoms with Crippen molar-refractivity contribution in [3.8, 4) is 0 Å². The maximum atomic E-state index is 11.7. The van der Waals surface area contributed by atoms with Gasteiger partial charge in [-0.05, 0) is 43.8 Å². The lowest BCUT2D eigenvalue weighted by Crippen LogP contribution is -2.45. The number of hydrogen-bond acceptors (Lipinski definition) is 4. The number of amides is 1. The van der Waals surface area contributed by atoms with E-state index in [1.54, 1.807) is 18.4 Å². The van der Waals surface area contributed by atoms with Crippen molar-refractivity contribution in [2.24, 2.45) is 4.99 Å². The molecule has 2 rings (SSSR count). The van der Waals surface area contributed by atoms with Crippen LogP contribution in [0.4, 0.5) is 0 Å². The predicted octanol–water partition coefficient (Wildman–Crippen LogP) is 2.19. The van der Waals surface area contributed by atoms with Crippen molar-refractivity contribution in [3.05, 3.63) is 22.4 Å². The lowest BCUT2D eigenvalue weighted by molar-refractivity contribution is -0.120. The molecule has 1 aromatic rings. The van der Waals surface area contributed by atoms with Gasteiger partial charge >= 0.3 is 0 Å². The lowest BCUT2D eigenvalue weighted by Gasteiger charge is -2.27. The van der Waals surface area contributed by atoms with Gasteiger partial charge < -0.3 is 16.0 Å². The summed E-state index contributed by atoms with van der Waals surface area (Å²) in [6.07, 6.45) is 3.48. The van der Waals surface area contributed by atoms with Gasteiger partial charge in [0.15, 0.2) is 5.96 Å². The predicted molar refractivity (Wildman–Crippen MR) is 116 cm³/mol. The highest BCUT2D eigenvalue weighted by molar-refractivity contribution is 14.0. The number of carbonyl (C=O) groups is 1. The second-order valence-corrected chi connectivity index (χ2v) is 6.91. The fraction of sp³-hybridized carbons (Fsp3) is 0.647. The molecule has 0 radical (unpaired) electrons. The average Bonchev–Trinajstić information content (AvgIpc) is 3.30. The van der Waals surface area contributed by atoms with Gasteiger partial charge in [-0.15, -0.1) is 35.3 Å². The molecule has 25 heavy (non-hydrogen) atoms. The first-order valence-electron chi connectivity index (χ1n) is 8.73. The number of nitrogens with one attached hydrogen (secondary N) is 3. The number of nitrogens with zero attached hydrogens (tertiary/aromatic N) is 2. The van der Waals surface area contributed by atoms with Gasteiger partial charge in [-0.1, -0.05) is 13.0 Å². The van der Waals surface area contributed by atoms with Crippen molar-refractivity contribution in [1.82, 2.24) is 20.9 Å². The van der Waals surface area contributed by atoms with Gasteiger partial charge in [0.1, 0.15) is 0 Å². The molecular formula is C17H30IN5OS. The number of hydrogen-bond donors (Lipinski definition) is 3. The maximum Gasteiger partial charge on any atom is 0.239 e. The summed E-state index contributed by atoms with van der Waals surface area (Å²) in [6, 6.07) is 4.66. The van der Waals surface area contributed by atoms with Crippen molar-refractivity contribution >= 4 is 47.2 Å². The van der Waals surface area contributed by atoms with Gasteiger partial charge in [-0.25, -0.2) is 0 Å². The molecule has 0 spiro atoms. The lowest BCUT2D eigenvalue weighted by atomic mass is 10.2. The summed E-state index contributed by atoms with van der Waals surface area (Å²) < 4.78 is 0. The molecule has 1 fully saturated rings. The maximum absolute atomic E-state index is 11.7. The van der Waals surface area contributed by atoms with Gasteiger partial charge in [0.25, 0.3) is 0 Å². The third-order valence-corrected chi connectivity index (χ3v) is 5.10. The highest BCUT2D eigenvalue weighted by atomic mass is 127. The molecule has 0 bridgehead atoms. The Morgan fingerprint density at radius 2 is 2.08 bits per heavy atom. The molecule has 0 aromatic carbocycles. The van der Waals surface area contributed by atoms with Crippen molar-refractivity contribution in [2.75, 3.05) is 39.8 Å². The number of rotatable bonds is 8. The van der Waals surface area contributed by atoms with Crippen LogP contribution in [0.15, 0.2) is 22.5 Å². The van der Waals surface area contributed by atoms with Crippen LogP contribution in [0.5, 0.6) is 0 Å². The molecule has 0 aliphatic carbocycles.